The molecule has 0 amide bonds. The Morgan fingerprint density at radius 1 is 1.05 bits per heavy atom. The Hall–Kier alpha value is -1.22. The molecule has 106 valence electrons. The fraction of sp³-hybridized carbons (Fsp3) is 0.647. The molecule has 0 spiro atoms. The van der Waals surface area contributed by atoms with Crippen LogP contribution in [0.5, 0.6) is 0 Å². The molecule has 4 saturated carbocycles. The first-order chi connectivity index (χ1) is 9.81. The van der Waals surface area contributed by atoms with Crippen LogP contribution in [0.4, 0.5) is 5.69 Å². The summed E-state index contributed by atoms with van der Waals surface area (Å²) in [5, 5.41) is 6.81. The van der Waals surface area contributed by atoms with Crippen LogP contribution >= 0.6 is 0 Å². The van der Waals surface area contributed by atoms with Gasteiger partial charge in [0.15, 0.2) is 0 Å². The lowest BCUT2D eigenvalue weighted by Crippen LogP contribution is -2.54. The zero-order valence-corrected chi connectivity index (χ0v) is 11.8. The average molecular weight is 270 g/mol. The Kier molecular flexibility index (Phi) is 3.10. The number of rotatable bonds is 4. The van der Waals surface area contributed by atoms with E-state index in [2.05, 4.69) is 16.6 Å². The molecule has 1 N–H and O–H groups in total. The van der Waals surface area contributed by atoms with E-state index in [0.29, 0.717) is 11.7 Å². The maximum atomic E-state index is 10.6. The monoisotopic (exact) mass is 270 g/mol. The predicted octanol–water partition coefficient (Wildman–Crippen LogP) is 4.00. The average Bonchev–Trinajstić information content (AvgIpc) is 2.46. The van der Waals surface area contributed by atoms with E-state index >= 15 is 0 Å². The molecule has 0 atom stereocenters. The Balaban J connectivity index is 1.43. The van der Waals surface area contributed by atoms with Gasteiger partial charge in [-0.1, -0.05) is 12.1 Å². The van der Waals surface area contributed by atoms with Crippen molar-refractivity contribution in [2.45, 2.75) is 44.7 Å². The molecule has 5 rings (SSSR count). The molecule has 1 aromatic rings. The standard InChI is InChI=1S/C17H22N2O/c20-19-16-3-1-2-11(9-16)10-18-17-14-5-12-4-13(7-14)8-15(17)6-12/h1-3,9,12-15,17-18H,4-8,10H2. The highest BCUT2D eigenvalue weighted by Crippen LogP contribution is 2.53. The fourth-order valence-electron chi connectivity index (χ4n) is 5.22. The summed E-state index contributed by atoms with van der Waals surface area (Å²) in [5.41, 5.74) is 1.71. The van der Waals surface area contributed by atoms with E-state index in [1.807, 2.05) is 12.1 Å². The van der Waals surface area contributed by atoms with E-state index in [1.54, 1.807) is 6.07 Å². The van der Waals surface area contributed by atoms with E-state index < -0.39 is 0 Å². The van der Waals surface area contributed by atoms with E-state index in [1.165, 1.54) is 37.7 Å². The van der Waals surface area contributed by atoms with Gasteiger partial charge >= 0.3 is 0 Å². The van der Waals surface area contributed by atoms with Crippen LogP contribution in [-0.4, -0.2) is 6.04 Å². The second-order valence-electron chi connectivity index (χ2n) is 7.10. The highest BCUT2D eigenvalue weighted by atomic mass is 16.3. The lowest BCUT2D eigenvalue weighted by Gasteiger charge is -2.54. The summed E-state index contributed by atoms with van der Waals surface area (Å²) in [6.07, 6.45) is 7.29. The Labute approximate surface area is 120 Å². The van der Waals surface area contributed by atoms with E-state index in [-0.39, 0.29) is 0 Å². The first-order valence-electron chi connectivity index (χ1n) is 7.97. The van der Waals surface area contributed by atoms with Crippen LogP contribution in [0.2, 0.25) is 0 Å². The zero-order chi connectivity index (χ0) is 13.5. The molecule has 1 aromatic carbocycles. The third-order valence-corrected chi connectivity index (χ3v) is 5.78. The van der Waals surface area contributed by atoms with Gasteiger partial charge in [-0.05, 0) is 78.6 Å². The van der Waals surface area contributed by atoms with Crippen molar-refractivity contribution in [2.75, 3.05) is 0 Å². The van der Waals surface area contributed by atoms with Gasteiger partial charge in [-0.3, -0.25) is 0 Å². The summed E-state index contributed by atoms with van der Waals surface area (Å²) in [6.45, 7) is 0.871. The summed E-state index contributed by atoms with van der Waals surface area (Å²) in [5.74, 6) is 3.86. The number of hydrogen-bond donors (Lipinski definition) is 1. The van der Waals surface area contributed by atoms with Gasteiger partial charge in [-0.2, -0.15) is 0 Å². The lowest BCUT2D eigenvalue weighted by atomic mass is 9.54. The SMILES string of the molecule is O=Nc1cccc(CNC2C3CC4CC(C3)CC2C4)c1. The summed E-state index contributed by atoms with van der Waals surface area (Å²) >= 11 is 0. The molecule has 0 aliphatic heterocycles. The van der Waals surface area contributed by atoms with Gasteiger partial charge in [0.05, 0.1) is 0 Å². The predicted molar refractivity (Wildman–Crippen MR) is 79.6 cm³/mol. The molecule has 4 fully saturated rings. The first kappa shape index (κ1) is 12.5. The Morgan fingerprint density at radius 2 is 1.75 bits per heavy atom. The molecule has 20 heavy (non-hydrogen) atoms. The molecule has 4 aliphatic carbocycles. The molecule has 0 aromatic heterocycles. The van der Waals surface area contributed by atoms with Crippen molar-refractivity contribution in [2.24, 2.45) is 28.8 Å². The van der Waals surface area contributed by atoms with Crippen LogP contribution in [0, 0.1) is 28.6 Å². The molecule has 4 bridgehead atoms. The van der Waals surface area contributed by atoms with E-state index in [4.69, 9.17) is 0 Å². The van der Waals surface area contributed by atoms with Gasteiger partial charge in [0, 0.05) is 12.6 Å². The number of nitrogens with one attached hydrogen (secondary N) is 1. The summed E-state index contributed by atoms with van der Waals surface area (Å²) in [7, 11) is 0. The number of hydrogen-bond acceptors (Lipinski definition) is 3. The van der Waals surface area contributed by atoms with Gasteiger partial charge in [-0.15, -0.1) is 4.91 Å². The quantitative estimate of drug-likeness (QED) is 0.840. The molecule has 0 saturated heterocycles. The summed E-state index contributed by atoms with van der Waals surface area (Å²) in [6, 6.07) is 8.37. The van der Waals surface area contributed by atoms with Crippen molar-refractivity contribution in [3.8, 4) is 0 Å². The minimum absolute atomic E-state index is 0.536. The molecule has 4 aliphatic rings. The summed E-state index contributed by atoms with van der Waals surface area (Å²) in [4.78, 5) is 10.6. The second kappa shape index (κ2) is 4.96. The first-order valence-corrected chi connectivity index (χ1v) is 7.97. The molecule has 0 unspecified atom stereocenters. The van der Waals surface area contributed by atoms with Crippen molar-refractivity contribution in [1.82, 2.24) is 5.32 Å². The largest absolute Gasteiger partial charge is 0.309 e. The minimum Gasteiger partial charge on any atom is -0.309 e. The lowest BCUT2D eigenvalue weighted by molar-refractivity contribution is -0.0142. The number of benzene rings is 1. The Bertz CT molecular complexity index is 485. The molecule has 3 heteroatoms. The van der Waals surface area contributed by atoms with Crippen molar-refractivity contribution < 1.29 is 0 Å². The maximum absolute atomic E-state index is 10.6. The highest BCUT2D eigenvalue weighted by Gasteiger charge is 2.47. The zero-order valence-electron chi connectivity index (χ0n) is 11.8. The smallest absolute Gasteiger partial charge is 0.108 e. The van der Waals surface area contributed by atoms with Crippen LogP contribution < -0.4 is 5.32 Å². The molecular weight excluding hydrogens is 248 g/mol. The van der Waals surface area contributed by atoms with Gasteiger partial charge < -0.3 is 5.32 Å². The molecule has 0 radical (unpaired) electrons. The minimum atomic E-state index is 0.536. The van der Waals surface area contributed by atoms with Gasteiger partial charge in [-0.25, -0.2) is 0 Å². The maximum Gasteiger partial charge on any atom is 0.108 e. The van der Waals surface area contributed by atoms with Crippen LogP contribution in [-0.2, 0) is 6.54 Å². The summed E-state index contributed by atoms with van der Waals surface area (Å²) < 4.78 is 0. The second-order valence-corrected chi connectivity index (χ2v) is 7.10. The van der Waals surface area contributed by atoms with Crippen LogP contribution in [0.15, 0.2) is 29.4 Å². The van der Waals surface area contributed by atoms with Crippen LogP contribution in [0.3, 0.4) is 0 Å². The van der Waals surface area contributed by atoms with Crippen molar-refractivity contribution in [1.29, 1.82) is 0 Å². The van der Waals surface area contributed by atoms with Crippen molar-refractivity contribution >= 4 is 5.69 Å². The topological polar surface area (TPSA) is 41.5 Å². The van der Waals surface area contributed by atoms with Gasteiger partial charge in [0.25, 0.3) is 0 Å². The number of nitrogens with zero attached hydrogens (tertiary/aromatic N) is 1. The molecule has 0 heterocycles. The van der Waals surface area contributed by atoms with Crippen LogP contribution in [0.25, 0.3) is 0 Å². The molecule has 3 nitrogen and oxygen atoms in total. The third kappa shape index (κ3) is 2.18. The normalized spacial score (nSPS) is 38.1. The third-order valence-electron chi connectivity index (χ3n) is 5.78. The Morgan fingerprint density at radius 3 is 2.40 bits per heavy atom. The number of nitroso groups, excluding NO2 is 1. The van der Waals surface area contributed by atoms with E-state index in [0.717, 1.165) is 30.2 Å². The van der Waals surface area contributed by atoms with Gasteiger partial charge in [0.2, 0.25) is 0 Å². The highest BCUT2D eigenvalue weighted by molar-refractivity contribution is 5.39. The van der Waals surface area contributed by atoms with Crippen molar-refractivity contribution in [3.05, 3.63) is 34.7 Å². The van der Waals surface area contributed by atoms with Gasteiger partial charge in [0.1, 0.15) is 5.69 Å². The fourth-order valence-corrected chi connectivity index (χ4v) is 5.22. The molecular formula is C17H22N2O. The van der Waals surface area contributed by atoms with E-state index in [9.17, 15) is 4.91 Å². The van der Waals surface area contributed by atoms with Crippen molar-refractivity contribution in [3.63, 3.8) is 0 Å². The van der Waals surface area contributed by atoms with Crippen LogP contribution in [0.1, 0.15) is 37.7 Å².